The lowest BCUT2D eigenvalue weighted by Gasteiger charge is -2.08. The summed E-state index contributed by atoms with van der Waals surface area (Å²) in [5.74, 6) is -0.727. The number of carbonyl (C=O) groups excluding carboxylic acids is 2. The van der Waals surface area contributed by atoms with E-state index in [1.807, 2.05) is 6.07 Å². The Morgan fingerprint density at radius 1 is 1.53 bits per heavy atom. The molecule has 1 aliphatic heterocycles. The Balaban J connectivity index is 1.96. The molecule has 2 heterocycles. The predicted molar refractivity (Wildman–Crippen MR) is 62.5 cm³/mol. The van der Waals surface area contributed by atoms with Crippen molar-refractivity contribution in [1.82, 2.24) is 10.6 Å². The van der Waals surface area contributed by atoms with Gasteiger partial charge in [0.1, 0.15) is 10.9 Å². The number of hydrogen-bond donors (Lipinski definition) is 2. The number of nitrogens with zero attached hydrogens (tertiary/aromatic N) is 1. The van der Waals surface area contributed by atoms with Crippen LogP contribution in [0.4, 0.5) is 0 Å². The summed E-state index contributed by atoms with van der Waals surface area (Å²) in [7, 11) is 0. The molecule has 1 saturated heterocycles. The molecule has 1 aromatic rings. The van der Waals surface area contributed by atoms with E-state index in [-0.39, 0.29) is 11.9 Å². The van der Waals surface area contributed by atoms with Gasteiger partial charge in [-0.05, 0) is 31.5 Å². The fourth-order valence-corrected chi connectivity index (χ4v) is 2.39. The lowest BCUT2D eigenvalue weighted by molar-refractivity contribution is -0.121. The van der Waals surface area contributed by atoms with E-state index in [1.165, 1.54) is 0 Å². The number of amides is 2. The highest BCUT2D eigenvalue weighted by Crippen LogP contribution is 2.15. The second-order valence-electron chi connectivity index (χ2n) is 3.74. The quantitative estimate of drug-likeness (QED) is 0.753. The van der Waals surface area contributed by atoms with E-state index in [9.17, 15) is 9.59 Å². The third-order valence-corrected chi connectivity index (χ3v) is 3.54. The average molecular weight is 249 g/mol. The van der Waals surface area contributed by atoms with Crippen LogP contribution >= 0.6 is 11.3 Å². The molecule has 88 valence electrons. The molecule has 2 amide bonds. The SMILES string of the molecule is N#Cc1ccc(C(=O)NC(=O)[C@@H]2CCCN2)s1. The summed E-state index contributed by atoms with van der Waals surface area (Å²) in [5.41, 5.74) is 0. The van der Waals surface area contributed by atoms with Crippen LogP contribution in [0.5, 0.6) is 0 Å². The lowest BCUT2D eigenvalue weighted by Crippen LogP contribution is -2.43. The molecule has 0 spiro atoms. The first-order chi connectivity index (χ1) is 8.20. The van der Waals surface area contributed by atoms with Crippen molar-refractivity contribution in [2.24, 2.45) is 0 Å². The highest BCUT2D eigenvalue weighted by atomic mass is 32.1. The smallest absolute Gasteiger partial charge is 0.267 e. The molecule has 0 bridgehead atoms. The summed E-state index contributed by atoms with van der Waals surface area (Å²) in [4.78, 5) is 24.2. The van der Waals surface area contributed by atoms with Crippen LogP contribution in [-0.4, -0.2) is 24.4 Å². The normalized spacial score (nSPS) is 18.6. The minimum atomic E-state index is -0.435. The molecule has 1 aromatic heterocycles. The van der Waals surface area contributed by atoms with Crippen LogP contribution in [0.25, 0.3) is 0 Å². The van der Waals surface area contributed by atoms with E-state index < -0.39 is 5.91 Å². The van der Waals surface area contributed by atoms with Crippen molar-refractivity contribution in [2.45, 2.75) is 18.9 Å². The number of hydrogen-bond acceptors (Lipinski definition) is 5. The molecule has 0 saturated carbocycles. The van der Waals surface area contributed by atoms with E-state index in [2.05, 4.69) is 10.6 Å². The van der Waals surface area contributed by atoms with Crippen molar-refractivity contribution in [2.75, 3.05) is 6.54 Å². The van der Waals surface area contributed by atoms with Crippen LogP contribution in [0.1, 0.15) is 27.4 Å². The van der Waals surface area contributed by atoms with Crippen molar-refractivity contribution in [3.63, 3.8) is 0 Å². The van der Waals surface area contributed by atoms with E-state index >= 15 is 0 Å². The minimum absolute atomic E-state index is 0.269. The molecule has 1 fully saturated rings. The zero-order valence-electron chi connectivity index (χ0n) is 9.03. The van der Waals surface area contributed by atoms with Crippen LogP contribution < -0.4 is 10.6 Å². The largest absolute Gasteiger partial charge is 0.306 e. The molecule has 1 aliphatic rings. The van der Waals surface area contributed by atoms with E-state index in [0.29, 0.717) is 9.75 Å². The molecular formula is C11H11N3O2S. The summed E-state index contributed by atoms with van der Waals surface area (Å²) in [5, 5.41) is 14.0. The second-order valence-corrected chi connectivity index (χ2v) is 4.83. The van der Waals surface area contributed by atoms with Crippen molar-refractivity contribution in [3.8, 4) is 6.07 Å². The second kappa shape index (κ2) is 5.08. The van der Waals surface area contributed by atoms with Crippen LogP contribution in [0.3, 0.4) is 0 Å². The third kappa shape index (κ3) is 2.70. The number of imide groups is 1. The zero-order valence-corrected chi connectivity index (χ0v) is 9.84. The first-order valence-electron chi connectivity index (χ1n) is 5.29. The maximum atomic E-state index is 11.7. The molecule has 0 radical (unpaired) electrons. The van der Waals surface area contributed by atoms with Crippen molar-refractivity contribution < 1.29 is 9.59 Å². The Labute approximate surface area is 102 Å². The summed E-state index contributed by atoms with van der Waals surface area (Å²) >= 11 is 1.08. The van der Waals surface area contributed by atoms with Gasteiger partial charge in [0, 0.05) is 0 Å². The lowest BCUT2D eigenvalue weighted by atomic mass is 10.2. The van der Waals surface area contributed by atoms with Gasteiger partial charge in [0.15, 0.2) is 0 Å². The number of nitrogens with one attached hydrogen (secondary N) is 2. The molecule has 2 rings (SSSR count). The van der Waals surface area contributed by atoms with Crippen molar-refractivity contribution in [3.05, 3.63) is 21.9 Å². The van der Waals surface area contributed by atoms with Crippen LogP contribution in [0, 0.1) is 11.3 Å². The molecule has 5 nitrogen and oxygen atoms in total. The molecule has 2 N–H and O–H groups in total. The Bertz CT molecular complexity index is 483. The topological polar surface area (TPSA) is 82.0 Å². The predicted octanol–water partition coefficient (Wildman–Crippen LogP) is 0.628. The summed E-state index contributed by atoms with van der Waals surface area (Å²) < 4.78 is 0. The number of thiophene rings is 1. The van der Waals surface area contributed by atoms with Crippen LogP contribution in [-0.2, 0) is 4.79 Å². The van der Waals surface area contributed by atoms with Gasteiger partial charge in [-0.3, -0.25) is 14.9 Å². The van der Waals surface area contributed by atoms with Crippen LogP contribution in [0.15, 0.2) is 12.1 Å². The Hall–Kier alpha value is -1.71. The molecule has 0 aliphatic carbocycles. The molecular weight excluding hydrogens is 238 g/mol. The first-order valence-corrected chi connectivity index (χ1v) is 6.11. The van der Waals surface area contributed by atoms with Gasteiger partial charge in [-0.15, -0.1) is 11.3 Å². The fourth-order valence-electron chi connectivity index (χ4n) is 1.69. The zero-order chi connectivity index (χ0) is 12.3. The fraction of sp³-hybridized carbons (Fsp3) is 0.364. The van der Waals surface area contributed by atoms with Gasteiger partial charge >= 0.3 is 0 Å². The Kier molecular flexibility index (Phi) is 3.52. The maximum absolute atomic E-state index is 11.7. The summed E-state index contributed by atoms with van der Waals surface area (Å²) in [6.45, 7) is 0.809. The number of carbonyl (C=O) groups is 2. The van der Waals surface area contributed by atoms with Gasteiger partial charge < -0.3 is 5.32 Å². The van der Waals surface area contributed by atoms with Crippen molar-refractivity contribution in [1.29, 1.82) is 5.26 Å². The first kappa shape index (κ1) is 11.8. The summed E-state index contributed by atoms with van der Waals surface area (Å²) in [6, 6.07) is 4.80. The van der Waals surface area contributed by atoms with Crippen LogP contribution in [0.2, 0.25) is 0 Å². The molecule has 17 heavy (non-hydrogen) atoms. The number of nitriles is 1. The van der Waals surface area contributed by atoms with Crippen molar-refractivity contribution >= 4 is 23.2 Å². The minimum Gasteiger partial charge on any atom is -0.306 e. The Morgan fingerprint density at radius 3 is 2.94 bits per heavy atom. The highest BCUT2D eigenvalue weighted by Gasteiger charge is 2.24. The molecule has 1 atom stereocenters. The van der Waals surface area contributed by atoms with E-state index in [0.717, 1.165) is 30.7 Å². The van der Waals surface area contributed by atoms with Gasteiger partial charge in [-0.25, -0.2) is 0 Å². The van der Waals surface area contributed by atoms with Gasteiger partial charge in [-0.2, -0.15) is 5.26 Å². The monoisotopic (exact) mass is 249 g/mol. The van der Waals surface area contributed by atoms with Gasteiger partial charge in [-0.1, -0.05) is 0 Å². The standard InChI is InChI=1S/C11H11N3O2S/c12-6-7-3-4-9(17-7)11(16)14-10(15)8-2-1-5-13-8/h3-4,8,13H,1-2,5H2,(H,14,15,16)/t8-/m0/s1. The van der Waals surface area contributed by atoms with E-state index in [1.54, 1.807) is 12.1 Å². The summed E-state index contributed by atoms with van der Waals surface area (Å²) in [6.07, 6.45) is 1.71. The molecule has 0 unspecified atom stereocenters. The third-order valence-electron chi connectivity index (χ3n) is 2.55. The highest BCUT2D eigenvalue weighted by molar-refractivity contribution is 7.14. The van der Waals surface area contributed by atoms with Gasteiger partial charge in [0.05, 0.1) is 10.9 Å². The van der Waals surface area contributed by atoms with E-state index in [4.69, 9.17) is 5.26 Å². The average Bonchev–Trinajstić information content (AvgIpc) is 3.00. The Morgan fingerprint density at radius 2 is 2.35 bits per heavy atom. The molecule has 0 aromatic carbocycles. The van der Waals surface area contributed by atoms with Gasteiger partial charge in [0.25, 0.3) is 5.91 Å². The van der Waals surface area contributed by atoms with Gasteiger partial charge in [0.2, 0.25) is 5.91 Å². The number of rotatable bonds is 2. The molecule has 6 heteroatoms. The maximum Gasteiger partial charge on any atom is 0.267 e.